The van der Waals surface area contributed by atoms with E-state index in [9.17, 15) is 0 Å². The number of likely N-dealkylation sites (N-methyl/N-ethyl adjacent to an activating group) is 1. The van der Waals surface area contributed by atoms with Crippen molar-refractivity contribution >= 4 is 0 Å². The highest BCUT2D eigenvalue weighted by Crippen LogP contribution is 2.09. The van der Waals surface area contributed by atoms with Crippen LogP contribution in [0.2, 0.25) is 0 Å². The molecule has 1 aromatic heterocycles. The van der Waals surface area contributed by atoms with Crippen molar-refractivity contribution in [3.8, 4) is 5.75 Å². The van der Waals surface area contributed by atoms with E-state index < -0.39 is 0 Å². The van der Waals surface area contributed by atoms with Gasteiger partial charge in [-0.1, -0.05) is 0 Å². The predicted octanol–water partition coefficient (Wildman–Crippen LogP) is 0.890. The minimum absolute atomic E-state index is 0.180. The summed E-state index contributed by atoms with van der Waals surface area (Å²) in [5, 5.41) is 7.18. The zero-order valence-electron chi connectivity index (χ0n) is 8.45. The summed E-state index contributed by atoms with van der Waals surface area (Å²) < 4.78 is 7.44. The second kappa shape index (κ2) is 4.87. The van der Waals surface area contributed by atoms with Crippen LogP contribution in [0.25, 0.3) is 0 Å². The first-order valence-corrected chi connectivity index (χ1v) is 4.60. The molecule has 0 aliphatic rings. The molecule has 0 fully saturated rings. The maximum absolute atomic E-state index is 5.59. The van der Waals surface area contributed by atoms with Gasteiger partial charge in [0.2, 0.25) is 0 Å². The third-order valence-electron chi connectivity index (χ3n) is 1.76. The van der Waals surface area contributed by atoms with Gasteiger partial charge in [0.1, 0.15) is 6.10 Å². The molecule has 0 aliphatic heterocycles. The maximum Gasteiger partial charge on any atom is 0.157 e. The molecule has 0 aromatic carbocycles. The van der Waals surface area contributed by atoms with E-state index in [-0.39, 0.29) is 6.10 Å². The SMILES string of the molecule is CCn1cc(OC(C)CNC)cn1. The third-order valence-corrected chi connectivity index (χ3v) is 1.76. The summed E-state index contributed by atoms with van der Waals surface area (Å²) in [6.45, 7) is 5.80. The Kier molecular flexibility index (Phi) is 3.76. The number of nitrogens with one attached hydrogen (secondary N) is 1. The summed E-state index contributed by atoms with van der Waals surface area (Å²) in [7, 11) is 1.91. The molecule has 1 aromatic rings. The molecule has 4 heteroatoms. The Hall–Kier alpha value is -1.03. The van der Waals surface area contributed by atoms with Gasteiger partial charge in [0, 0.05) is 13.1 Å². The molecule has 13 heavy (non-hydrogen) atoms. The highest BCUT2D eigenvalue weighted by molar-refractivity contribution is 5.11. The molecule has 0 aliphatic carbocycles. The average molecular weight is 183 g/mol. The Morgan fingerprint density at radius 1 is 1.69 bits per heavy atom. The first-order chi connectivity index (χ1) is 6.26. The van der Waals surface area contributed by atoms with Crippen molar-refractivity contribution in [2.75, 3.05) is 13.6 Å². The van der Waals surface area contributed by atoms with Crippen molar-refractivity contribution in [1.29, 1.82) is 0 Å². The van der Waals surface area contributed by atoms with Crippen LogP contribution < -0.4 is 10.1 Å². The molecular weight excluding hydrogens is 166 g/mol. The zero-order valence-corrected chi connectivity index (χ0v) is 8.45. The Labute approximate surface area is 78.9 Å². The van der Waals surface area contributed by atoms with Gasteiger partial charge >= 0.3 is 0 Å². The number of aryl methyl sites for hydroxylation is 1. The molecule has 0 saturated heterocycles. The van der Waals surface area contributed by atoms with Gasteiger partial charge in [0.15, 0.2) is 5.75 Å². The summed E-state index contributed by atoms with van der Waals surface area (Å²) in [5.41, 5.74) is 0. The van der Waals surface area contributed by atoms with Crippen LogP contribution in [0, 0.1) is 0 Å². The molecule has 0 saturated carbocycles. The molecule has 1 rings (SSSR count). The van der Waals surface area contributed by atoms with E-state index in [4.69, 9.17) is 4.74 Å². The van der Waals surface area contributed by atoms with Crippen LogP contribution in [0.4, 0.5) is 0 Å². The largest absolute Gasteiger partial charge is 0.486 e. The third kappa shape index (κ3) is 3.06. The lowest BCUT2D eigenvalue weighted by Crippen LogP contribution is -2.25. The van der Waals surface area contributed by atoms with Gasteiger partial charge in [-0.05, 0) is 20.9 Å². The first kappa shape index (κ1) is 10.1. The minimum atomic E-state index is 0.180. The summed E-state index contributed by atoms with van der Waals surface area (Å²) in [6, 6.07) is 0. The summed E-state index contributed by atoms with van der Waals surface area (Å²) >= 11 is 0. The monoisotopic (exact) mass is 183 g/mol. The average Bonchev–Trinajstić information content (AvgIpc) is 2.52. The van der Waals surface area contributed by atoms with Gasteiger partial charge in [-0.25, -0.2) is 0 Å². The molecule has 74 valence electrons. The van der Waals surface area contributed by atoms with Crippen LogP contribution in [0.5, 0.6) is 5.75 Å². The van der Waals surface area contributed by atoms with Crippen molar-refractivity contribution in [3.05, 3.63) is 12.4 Å². The topological polar surface area (TPSA) is 39.1 Å². The Morgan fingerprint density at radius 2 is 2.46 bits per heavy atom. The Bertz CT molecular complexity index is 247. The van der Waals surface area contributed by atoms with Crippen LogP contribution in [-0.2, 0) is 6.54 Å². The summed E-state index contributed by atoms with van der Waals surface area (Å²) in [4.78, 5) is 0. The number of hydrogen-bond acceptors (Lipinski definition) is 3. The van der Waals surface area contributed by atoms with Crippen molar-refractivity contribution in [1.82, 2.24) is 15.1 Å². The van der Waals surface area contributed by atoms with Crippen LogP contribution in [0.15, 0.2) is 12.4 Å². The van der Waals surface area contributed by atoms with Crippen LogP contribution >= 0.6 is 0 Å². The van der Waals surface area contributed by atoms with Gasteiger partial charge in [0.05, 0.1) is 12.4 Å². The van der Waals surface area contributed by atoms with E-state index in [1.54, 1.807) is 6.20 Å². The summed E-state index contributed by atoms with van der Waals surface area (Å²) in [6.07, 6.45) is 3.83. The normalized spacial score (nSPS) is 12.8. The Balaban J connectivity index is 2.44. The number of hydrogen-bond donors (Lipinski definition) is 1. The molecule has 0 amide bonds. The molecule has 0 bridgehead atoms. The quantitative estimate of drug-likeness (QED) is 0.737. The molecule has 4 nitrogen and oxygen atoms in total. The molecule has 0 radical (unpaired) electrons. The smallest absolute Gasteiger partial charge is 0.157 e. The van der Waals surface area contributed by atoms with Crippen LogP contribution in [-0.4, -0.2) is 29.5 Å². The Morgan fingerprint density at radius 3 is 3.00 bits per heavy atom. The fourth-order valence-electron chi connectivity index (χ4n) is 1.14. The van der Waals surface area contributed by atoms with Gasteiger partial charge < -0.3 is 10.1 Å². The van der Waals surface area contributed by atoms with Gasteiger partial charge in [-0.3, -0.25) is 4.68 Å². The van der Waals surface area contributed by atoms with E-state index in [1.165, 1.54) is 0 Å². The number of rotatable bonds is 5. The minimum Gasteiger partial charge on any atom is -0.486 e. The lowest BCUT2D eigenvalue weighted by atomic mass is 10.4. The van der Waals surface area contributed by atoms with E-state index >= 15 is 0 Å². The lowest BCUT2D eigenvalue weighted by Gasteiger charge is -2.11. The molecule has 1 heterocycles. The van der Waals surface area contributed by atoms with E-state index in [0.717, 1.165) is 18.8 Å². The van der Waals surface area contributed by atoms with Crippen LogP contribution in [0.3, 0.4) is 0 Å². The standard InChI is InChI=1S/C9H17N3O/c1-4-12-7-9(6-11-12)13-8(2)5-10-3/h6-8,10H,4-5H2,1-3H3. The van der Waals surface area contributed by atoms with Crippen molar-refractivity contribution in [3.63, 3.8) is 0 Å². The van der Waals surface area contributed by atoms with Crippen LogP contribution in [0.1, 0.15) is 13.8 Å². The fourth-order valence-corrected chi connectivity index (χ4v) is 1.14. The van der Waals surface area contributed by atoms with Gasteiger partial charge in [-0.15, -0.1) is 0 Å². The number of ether oxygens (including phenoxy) is 1. The first-order valence-electron chi connectivity index (χ1n) is 4.60. The highest BCUT2D eigenvalue weighted by atomic mass is 16.5. The van der Waals surface area contributed by atoms with Gasteiger partial charge in [0.25, 0.3) is 0 Å². The lowest BCUT2D eigenvalue weighted by molar-refractivity contribution is 0.220. The van der Waals surface area contributed by atoms with Crippen molar-refractivity contribution < 1.29 is 4.74 Å². The molecule has 1 N–H and O–H groups in total. The van der Waals surface area contributed by atoms with E-state index in [1.807, 2.05) is 31.8 Å². The van der Waals surface area contributed by atoms with Crippen molar-refractivity contribution in [2.24, 2.45) is 0 Å². The fraction of sp³-hybridized carbons (Fsp3) is 0.667. The highest BCUT2D eigenvalue weighted by Gasteiger charge is 2.03. The number of nitrogens with zero attached hydrogens (tertiary/aromatic N) is 2. The second-order valence-electron chi connectivity index (χ2n) is 3.02. The molecule has 0 spiro atoms. The maximum atomic E-state index is 5.59. The zero-order chi connectivity index (χ0) is 9.68. The number of aromatic nitrogens is 2. The van der Waals surface area contributed by atoms with E-state index in [2.05, 4.69) is 10.4 Å². The van der Waals surface area contributed by atoms with Gasteiger partial charge in [-0.2, -0.15) is 5.10 Å². The second-order valence-corrected chi connectivity index (χ2v) is 3.02. The summed E-state index contributed by atoms with van der Waals surface area (Å²) in [5.74, 6) is 0.838. The predicted molar refractivity (Wildman–Crippen MR) is 51.9 cm³/mol. The molecule has 1 unspecified atom stereocenters. The molecular formula is C9H17N3O. The van der Waals surface area contributed by atoms with E-state index in [0.29, 0.717) is 0 Å². The molecule has 1 atom stereocenters. The van der Waals surface area contributed by atoms with Crippen molar-refractivity contribution in [2.45, 2.75) is 26.5 Å².